The molecule has 0 aliphatic heterocycles. The lowest BCUT2D eigenvalue weighted by Crippen LogP contribution is -2.23. The van der Waals surface area contributed by atoms with E-state index in [1.54, 1.807) is 12.4 Å². The van der Waals surface area contributed by atoms with Crippen LogP contribution in [0.15, 0.2) is 37.2 Å². The molecule has 0 aromatic carbocycles. The molecule has 1 aromatic heterocycles. The zero-order valence-electron chi connectivity index (χ0n) is 8.61. The van der Waals surface area contributed by atoms with Gasteiger partial charge in [-0.05, 0) is 30.5 Å². The van der Waals surface area contributed by atoms with Crippen molar-refractivity contribution in [3.05, 3.63) is 42.7 Å². The summed E-state index contributed by atoms with van der Waals surface area (Å²) in [6.07, 6.45) is 7.15. The molecule has 0 aliphatic carbocycles. The first-order valence-electron chi connectivity index (χ1n) is 4.94. The molecular formula is C12H17NO. The van der Waals surface area contributed by atoms with Crippen LogP contribution in [0.25, 0.3) is 0 Å². The minimum absolute atomic E-state index is 0.0995. The molecule has 2 heteroatoms. The molecule has 0 unspecified atom stereocenters. The molecule has 0 radical (unpaired) electrons. The van der Waals surface area contributed by atoms with Gasteiger partial charge in [0.15, 0.2) is 0 Å². The lowest BCUT2D eigenvalue weighted by atomic mass is 9.76. The lowest BCUT2D eigenvalue weighted by molar-refractivity contribution is 0.253. The van der Waals surface area contributed by atoms with Crippen LogP contribution >= 0.6 is 0 Å². The van der Waals surface area contributed by atoms with Gasteiger partial charge in [0, 0.05) is 24.4 Å². The summed E-state index contributed by atoms with van der Waals surface area (Å²) >= 11 is 0. The Labute approximate surface area is 85.3 Å². The third kappa shape index (κ3) is 2.02. The van der Waals surface area contributed by atoms with Crippen molar-refractivity contribution in [2.24, 2.45) is 0 Å². The van der Waals surface area contributed by atoms with Crippen LogP contribution < -0.4 is 0 Å². The maximum absolute atomic E-state index is 9.06. The summed E-state index contributed by atoms with van der Waals surface area (Å²) in [4.78, 5) is 3.99. The standard InChI is InChI=1S/C12H17NO/c1-3-12(4-2,7-10-14)11-5-8-13-9-6-11/h3,5-6,8-9,14H,1,4,7,10H2,2H3/t12-/m0/s1. The molecule has 1 aromatic rings. The van der Waals surface area contributed by atoms with E-state index in [-0.39, 0.29) is 12.0 Å². The molecule has 2 nitrogen and oxygen atoms in total. The monoisotopic (exact) mass is 191 g/mol. The Kier molecular flexibility index (Phi) is 3.84. The van der Waals surface area contributed by atoms with E-state index in [1.165, 1.54) is 5.56 Å². The van der Waals surface area contributed by atoms with Gasteiger partial charge < -0.3 is 5.11 Å². The fourth-order valence-electron chi connectivity index (χ4n) is 1.77. The van der Waals surface area contributed by atoms with Crippen molar-refractivity contribution in [3.8, 4) is 0 Å². The van der Waals surface area contributed by atoms with Gasteiger partial charge in [-0.15, -0.1) is 6.58 Å². The second-order valence-corrected chi connectivity index (χ2v) is 3.42. The summed E-state index contributed by atoms with van der Waals surface area (Å²) in [6, 6.07) is 3.97. The van der Waals surface area contributed by atoms with Crippen LogP contribution in [0.4, 0.5) is 0 Å². The highest BCUT2D eigenvalue weighted by molar-refractivity contribution is 5.28. The van der Waals surface area contributed by atoms with Gasteiger partial charge in [-0.2, -0.15) is 0 Å². The molecule has 0 saturated heterocycles. The van der Waals surface area contributed by atoms with Crippen LogP contribution in [-0.4, -0.2) is 16.7 Å². The van der Waals surface area contributed by atoms with E-state index in [0.29, 0.717) is 0 Å². The number of aliphatic hydroxyl groups excluding tert-OH is 1. The summed E-state index contributed by atoms with van der Waals surface area (Å²) < 4.78 is 0. The van der Waals surface area contributed by atoms with E-state index in [2.05, 4.69) is 18.5 Å². The van der Waals surface area contributed by atoms with Gasteiger partial charge >= 0.3 is 0 Å². The van der Waals surface area contributed by atoms with Gasteiger partial charge in [-0.3, -0.25) is 4.98 Å². The van der Waals surface area contributed by atoms with Gasteiger partial charge in [0.1, 0.15) is 0 Å². The fraction of sp³-hybridized carbons (Fsp3) is 0.417. The summed E-state index contributed by atoms with van der Waals surface area (Å²) in [5.74, 6) is 0. The van der Waals surface area contributed by atoms with Crippen molar-refractivity contribution >= 4 is 0 Å². The quantitative estimate of drug-likeness (QED) is 0.724. The average molecular weight is 191 g/mol. The number of nitrogens with zero attached hydrogens (tertiary/aromatic N) is 1. The molecule has 14 heavy (non-hydrogen) atoms. The smallest absolute Gasteiger partial charge is 0.0442 e. The predicted octanol–water partition coefficient (Wildman–Crippen LogP) is 2.30. The highest BCUT2D eigenvalue weighted by Gasteiger charge is 2.25. The number of hydrogen-bond donors (Lipinski definition) is 1. The third-order valence-electron chi connectivity index (χ3n) is 2.83. The van der Waals surface area contributed by atoms with E-state index in [9.17, 15) is 0 Å². The van der Waals surface area contributed by atoms with Crippen molar-refractivity contribution in [2.45, 2.75) is 25.2 Å². The molecule has 0 aliphatic rings. The van der Waals surface area contributed by atoms with E-state index in [1.807, 2.05) is 18.2 Å². The number of pyridine rings is 1. The van der Waals surface area contributed by atoms with Crippen molar-refractivity contribution in [3.63, 3.8) is 0 Å². The molecule has 1 heterocycles. The van der Waals surface area contributed by atoms with Crippen LogP contribution in [0.5, 0.6) is 0 Å². The number of allylic oxidation sites excluding steroid dienone is 1. The molecule has 1 rings (SSSR count). The number of aromatic nitrogens is 1. The Morgan fingerprint density at radius 1 is 1.50 bits per heavy atom. The molecule has 76 valence electrons. The first-order chi connectivity index (χ1) is 6.79. The Morgan fingerprint density at radius 2 is 2.14 bits per heavy atom. The first-order valence-corrected chi connectivity index (χ1v) is 4.94. The second-order valence-electron chi connectivity index (χ2n) is 3.42. The van der Waals surface area contributed by atoms with Crippen LogP contribution in [0, 0.1) is 0 Å². The average Bonchev–Trinajstić information content (AvgIpc) is 2.27. The third-order valence-corrected chi connectivity index (χ3v) is 2.83. The number of hydrogen-bond acceptors (Lipinski definition) is 2. The van der Waals surface area contributed by atoms with E-state index in [0.717, 1.165) is 12.8 Å². The largest absolute Gasteiger partial charge is 0.396 e. The first kappa shape index (κ1) is 10.9. The molecule has 0 saturated carbocycles. The van der Waals surface area contributed by atoms with Crippen LogP contribution in [0.3, 0.4) is 0 Å². The van der Waals surface area contributed by atoms with Crippen molar-refractivity contribution < 1.29 is 5.11 Å². The molecule has 0 bridgehead atoms. The van der Waals surface area contributed by atoms with Crippen LogP contribution in [0.1, 0.15) is 25.3 Å². The number of rotatable bonds is 5. The van der Waals surface area contributed by atoms with Gasteiger partial charge in [-0.25, -0.2) is 0 Å². The highest BCUT2D eigenvalue weighted by Crippen LogP contribution is 2.32. The summed E-state index contributed by atoms with van der Waals surface area (Å²) in [7, 11) is 0. The van der Waals surface area contributed by atoms with Crippen molar-refractivity contribution in [2.75, 3.05) is 6.61 Å². The Morgan fingerprint density at radius 3 is 2.57 bits per heavy atom. The minimum atomic E-state index is -0.0995. The Bertz CT molecular complexity index is 284. The number of aliphatic hydroxyl groups is 1. The van der Waals surface area contributed by atoms with Crippen LogP contribution in [-0.2, 0) is 5.41 Å². The van der Waals surface area contributed by atoms with Crippen LogP contribution in [0.2, 0.25) is 0 Å². The summed E-state index contributed by atoms with van der Waals surface area (Å²) in [5, 5.41) is 9.06. The summed E-state index contributed by atoms with van der Waals surface area (Å²) in [5.41, 5.74) is 1.08. The lowest BCUT2D eigenvalue weighted by Gasteiger charge is -2.28. The summed E-state index contributed by atoms with van der Waals surface area (Å²) in [6.45, 7) is 6.16. The fourth-order valence-corrected chi connectivity index (χ4v) is 1.77. The highest BCUT2D eigenvalue weighted by atomic mass is 16.3. The maximum Gasteiger partial charge on any atom is 0.0442 e. The predicted molar refractivity (Wildman–Crippen MR) is 58.1 cm³/mol. The van der Waals surface area contributed by atoms with E-state index >= 15 is 0 Å². The molecule has 1 atom stereocenters. The van der Waals surface area contributed by atoms with Crippen molar-refractivity contribution in [1.29, 1.82) is 0 Å². The zero-order valence-corrected chi connectivity index (χ0v) is 8.61. The van der Waals surface area contributed by atoms with Gasteiger partial charge in [-0.1, -0.05) is 13.0 Å². The van der Waals surface area contributed by atoms with E-state index in [4.69, 9.17) is 5.11 Å². The molecule has 0 fully saturated rings. The van der Waals surface area contributed by atoms with Gasteiger partial charge in [0.2, 0.25) is 0 Å². The molecule has 1 N–H and O–H groups in total. The second kappa shape index (κ2) is 4.91. The minimum Gasteiger partial charge on any atom is -0.396 e. The zero-order chi connectivity index (χ0) is 10.4. The molecule has 0 amide bonds. The normalized spacial score (nSPS) is 14.7. The van der Waals surface area contributed by atoms with E-state index < -0.39 is 0 Å². The Balaban J connectivity index is 3.04. The SMILES string of the molecule is C=C[C@](CC)(CCO)c1ccncc1. The van der Waals surface area contributed by atoms with Crippen molar-refractivity contribution in [1.82, 2.24) is 4.98 Å². The molecular weight excluding hydrogens is 174 g/mol. The maximum atomic E-state index is 9.06. The van der Waals surface area contributed by atoms with Gasteiger partial charge in [0.05, 0.1) is 0 Å². The molecule has 0 spiro atoms. The topological polar surface area (TPSA) is 33.1 Å². The van der Waals surface area contributed by atoms with Gasteiger partial charge in [0.25, 0.3) is 0 Å². The Hall–Kier alpha value is -1.15.